The monoisotopic (exact) mass is 244 g/mol. The summed E-state index contributed by atoms with van der Waals surface area (Å²) in [6.07, 6.45) is 0.588. The van der Waals surface area contributed by atoms with E-state index in [9.17, 15) is 4.79 Å². The Morgan fingerprint density at radius 3 is 2.69 bits per heavy atom. The van der Waals surface area contributed by atoms with Crippen molar-refractivity contribution in [1.82, 2.24) is 4.73 Å². The predicted octanol–water partition coefficient (Wildman–Crippen LogP) is 2.21. The molecule has 1 N–H and O–H groups in total. The smallest absolute Gasteiger partial charge is 0.434 e. The molecule has 1 aromatic heterocycles. The van der Waals surface area contributed by atoms with Crippen LogP contribution in [0.5, 0.6) is 0 Å². The zero-order valence-corrected chi connectivity index (χ0v) is 10.0. The van der Waals surface area contributed by atoms with E-state index in [0.29, 0.717) is 5.36 Å². The highest BCUT2D eigenvalue weighted by molar-refractivity contribution is 6.29. The minimum atomic E-state index is -0.695. The molecule has 16 heavy (non-hydrogen) atoms. The molecule has 1 rings (SSSR count). The molecule has 0 aliphatic carbocycles. The van der Waals surface area contributed by atoms with Crippen LogP contribution in [0.15, 0.2) is 23.3 Å². The van der Waals surface area contributed by atoms with Crippen LogP contribution in [0, 0.1) is 0 Å². The molecule has 0 atom stereocenters. The molecule has 88 valence electrons. The number of hydrogen-bond acceptors (Lipinski definition) is 3. The van der Waals surface area contributed by atoms with E-state index >= 15 is 0 Å². The summed E-state index contributed by atoms with van der Waals surface area (Å²) in [7, 11) is 0. The molecule has 5 nitrogen and oxygen atoms in total. The topological polar surface area (TPSA) is 63.8 Å². The molecule has 1 aromatic rings. The molecule has 0 saturated carbocycles. The van der Waals surface area contributed by atoms with E-state index in [2.05, 4.69) is 4.99 Å². The van der Waals surface area contributed by atoms with Crippen molar-refractivity contribution in [2.75, 3.05) is 0 Å². The van der Waals surface area contributed by atoms with Crippen molar-refractivity contribution in [1.29, 1.82) is 0 Å². The van der Waals surface area contributed by atoms with Crippen molar-refractivity contribution < 1.29 is 14.7 Å². The van der Waals surface area contributed by atoms with E-state index in [0.717, 1.165) is 4.73 Å². The summed E-state index contributed by atoms with van der Waals surface area (Å²) in [6.45, 7) is 5.25. The number of pyridine rings is 1. The molecule has 0 aliphatic rings. The highest BCUT2D eigenvalue weighted by atomic mass is 35.5. The Kier molecular flexibility index (Phi) is 3.59. The Morgan fingerprint density at radius 1 is 1.56 bits per heavy atom. The molecule has 6 heteroatoms. The fourth-order valence-electron chi connectivity index (χ4n) is 0.914. The van der Waals surface area contributed by atoms with E-state index in [-0.39, 0.29) is 5.15 Å². The van der Waals surface area contributed by atoms with Gasteiger partial charge in [-0.05, 0) is 26.8 Å². The first-order chi connectivity index (χ1) is 7.28. The molecular formula is C10H13ClN2O3. The SMILES string of the molecule is CC(C)(C)OC(=O)/N=c1/ccn(O)c(Cl)c1. The highest BCUT2D eigenvalue weighted by Gasteiger charge is 2.15. The number of aromatic nitrogens is 1. The lowest BCUT2D eigenvalue weighted by molar-refractivity contribution is 0.0597. The second-order valence-corrected chi connectivity index (χ2v) is 4.53. The van der Waals surface area contributed by atoms with Crippen molar-refractivity contribution >= 4 is 17.7 Å². The number of amides is 1. The van der Waals surface area contributed by atoms with Gasteiger partial charge in [0.05, 0.1) is 5.36 Å². The molecule has 0 spiro atoms. The van der Waals surface area contributed by atoms with Crippen LogP contribution in [0.1, 0.15) is 20.8 Å². The molecule has 0 radical (unpaired) electrons. The summed E-state index contributed by atoms with van der Waals surface area (Å²) >= 11 is 5.63. The maximum absolute atomic E-state index is 11.3. The molecule has 0 fully saturated rings. The first-order valence-corrected chi connectivity index (χ1v) is 5.01. The van der Waals surface area contributed by atoms with Gasteiger partial charge in [0.2, 0.25) is 0 Å². The van der Waals surface area contributed by atoms with Gasteiger partial charge in [0.1, 0.15) is 10.8 Å². The molecule has 1 heterocycles. The lowest BCUT2D eigenvalue weighted by Crippen LogP contribution is -2.23. The van der Waals surface area contributed by atoms with Crippen LogP contribution in [0.25, 0.3) is 0 Å². The van der Waals surface area contributed by atoms with Crippen LogP contribution in [0.3, 0.4) is 0 Å². The second-order valence-electron chi connectivity index (χ2n) is 4.14. The van der Waals surface area contributed by atoms with E-state index in [1.807, 2.05) is 0 Å². The van der Waals surface area contributed by atoms with Crippen molar-refractivity contribution in [3.63, 3.8) is 0 Å². The molecule has 0 unspecified atom stereocenters. The average molecular weight is 245 g/mol. The molecular weight excluding hydrogens is 232 g/mol. The lowest BCUT2D eigenvalue weighted by Gasteiger charge is -2.17. The van der Waals surface area contributed by atoms with E-state index < -0.39 is 11.7 Å². The van der Waals surface area contributed by atoms with Gasteiger partial charge in [0, 0.05) is 12.3 Å². The summed E-state index contributed by atoms with van der Waals surface area (Å²) in [5, 5.41) is 9.47. The summed E-state index contributed by atoms with van der Waals surface area (Å²) in [5.41, 5.74) is -0.587. The maximum atomic E-state index is 11.3. The third-order valence-electron chi connectivity index (χ3n) is 1.49. The highest BCUT2D eigenvalue weighted by Crippen LogP contribution is 2.07. The zero-order chi connectivity index (χ0) is 12.3. The van der Waals surface area contributed by atoms with Gasteiger partial charge in [0.15, 0.2) is 0 Å². The van der Waals surface area contributed by atoms with Crippen LogP contribution >= 0.6 is 11.6 Å². The minimum absolute atomic E-state index is 0.0600. The van der Waals surface area contributed by atoms with Crippen LogP contribution < -0.4 is 5.36 Å². The van der Waals surface area contributed by atoms with Crippen molar-refractivity contribution in [3.8, 4) is 0 Å². The third-order valence-corrected chi connectivity index (χ3v) is 1.77. The standard InChI is InChI=1S/C10H13ClN2O3/c1-10(2,3)16-9(14)12-7-4-5-13(15)8(11)6-7/h4-6,15H,1-3H3/b12-7-. The fourth-order valence-corrected chi connectivity index (χ4v) is 1.08. The van der Waals surface area contributed by atoms with Gasteiger partial charge in [-0.1, -0.05) is 11.6 Å². The Bertz CT molecular complexity index is 460. The summed E-state index contributed by atoms with van der Waals surface area (Å²) in [6, 6.07) is 2.79. The van der Waals surface area contributed by atoms with Crippen molar-refractivity contribution in [2.24, 2.45) is 4.99 Å². The number of hydrogen-bond donors (Lipinski definition) is 1. The fraction of sp³-hybridized carbons (Fsp3) is 0.400. The molecule has 0 saturated heterocycles. The first-order valence-electron chi connectivity index (χ1n) is 4.63. The number of rotatable bonds is 0. The van der Waals surface area contributed by atoms with E-state index in [1.165, 1.54) is 18.3 Å². The number of carbonyl (C=O) groups is 1. The number of ether oxygens (including phenoxy) is 1. The van der Waals surface area contributed by atoms with Gasteiger partial charge in [0.25, 0.3) is 0 Å². The van der Waals surface area contributed by atoms with Gasteiger partial charge in [-0.25, -0.2) is 4.79 Å². The van der Waals surface area contributed by atoms with Crippen molar-refractivity contribution in [3.05, 3.63) is 28.8 Å². The Labute approximate surface area is 97.9 Å². The molecule has 0 aromatic carbocycles. The van der Waals surface area contributed by atoms with Gasteiger partial charge >= 0.3 is 6.09 Å². The third kappa shape index (κ3) is 3.94. The largest absolute Gasteiger partial charge is 0.442 e. The number of nitrogens with zero attached hydrogens (tertiary/aromatic N) is 2. The predicted molar refractivity (Wildman–Crippen MR) is 58.4 cm³/mol. The Morgan fingerprint density at radius 2 is 2.19 bits per heavy atom. The van der Waals surface area contributed by atoms with E-state index in [4.69, 9.17) is 21.5 Å². The van der Waals surface area contributed by atoms with Crippen LogP contribution in [0.2, 0.25) is 5.15 Å². The maximum Gasteiger partial charge on any atom is 0.434 e. The number of halogens is 1. The quantitative estimate of drug-likeness (QED) is 0.562. The van der Waals surface area contributed by atoms with Gasteiger partial charge in [-0.2, -0.15) is 9.72 Å². The van der Waals surface area contributed by atoms with Crippen LogP contribution in [0.4, 0.5) is 4.79 Å². The van der Waals surface area contributed by atoms with Crippen molar-refractivity contribution in [2.45, 2.75) is 26.4 Å². The molecule has 0 bridgehead atoms. The van der Waals surface area contributed by atoms with Crippen LogP contribution in [-0.2, 0) is 4.74 Å². The normalized spacial score (nSPS) is 12.6. The minimum Gasteiger partial charge on any atom is -0.442 e. The first kappa shape index (κ1) is 12.6. The molecule has 0 aliphatic heterocycles. The Hall–Kier alpha value is -1.49. The van der Waals surface area contributed by atoms with E-state index in [1.54, 1.807) is 20.8 Å². The second kappa shape index (κ2) is 4.57. The zero-order valence-electron chi connectivity index (χ0n) is 9.27. The summed E-state index contributed by atoms with van der Waals surface area (Å²) < 4.78 is 5.71. The number of carbonyl (C=O) groups excluding carboxylic acids is 1. The Balaban J connectivity index is 2.92. The molecule has 1 amide bonds. The average Bonchev–Trinajstić information content (AvgIpc) is 2.08. The van der Waals surface area contributed by atoms with Gasteiger partial charge in [-0.3, -0.25) is 0 Å². The summed E-state index contributed by atoms with van der Waals surface area (Å²) in [5.74, 6) is 0. The van der Waals surface area contributed by atoms with Gasteiger partial charge < -0.3 is 9.94 Å². The lowest BCUT2D eigenvalue weighted by atomic mass is 10.2. The van der Waals surface area contributed by atoms with Gasteiger partial charge in [-0.15, -0.1) is 0 Å². The summed E-state index contributed by atoms with van der Waals surface area (Å²) in [4.78, 5) is 15.0. The van der Waals surface area contributed by atoms with Crippen LogP contribution in [-0.4, -0.2) is 21.6 Å².